The average molecular weight is 349 g/mol. The summed E-state index contributed by atoms with van der Waals surface area (Å²) in [6, 6.07) is 6.80. The summed E-state index contributed by atoms with van der Waals surface area (Å²) in [5.74, 6) is -0.0473. The Morgan fingerprint density at radius 3 is 2.62 bits per heavy atom. The average Bonchev–Trinajstić information content (AvgIpc) is 3.04. The van der Waals surface area contributed by atoms with Crippen molar-refractivity contribution in [3.63, 3.8) is 0 Å². The molecule has 0 amide bonds. The predicted molar refractivity (Wildman–Crippen MR) is 82.8 cm³/mol. The second kappa shape index (κ2) is 6.21. The number of hydrogen-bond donors (Lipinski definition) is 0. The largest absolute Gasteiger partial charge is 0.457 e. The Kier molecular flexibility index (Phi) is 4.24. The van der Waals surface area contributed by atoms with Crippen LogP contribution in [-0.4, -0.2) is 14.4 Å². The Hall–Kier alpha value is -2.46. The Morgan fingerprint density at radius 1 is 1.17 bits per heavy atom. The molecule has 124 valence electrons. The number of halogens is 2. The van der Waals surface area contributed by atoms with Gasteiger partial charge in [0.15, 0.2) is 6.01 Å². The summed E-state index contributed by atoms with van der Waals surface area (Å²) < 4.78 is 55.7. The van der Waals surface area contributed by atoms with Crippen molar-refractivity contribution in [3.05, 3.63) is 52.8 Å². The van der Waals surface area contributed by atoms with Gasteiger partial charge in [0.25, 0.3) is 0 Å². The van der Waals surface area contributed by atoms with Crippen LogP contribution < -0.4 is 4.74 Å². The standard InChI is InChI=1S/C17H13F2NO3S/c18-10-24(21,22)17-5-4-16(14-2-1-3-15(14)17)23-13-7-11(9-20)6-12(19)8-13/h4-8H,1-3,10H2. The molecule has 3 rings (SSSR count). The van der Waals surface area contributed by atoms with Gasteiger partial charge in [0, 0.05) is 6.07 Å². The van der Waals surface area contributed by atoms with Gasteiger partial charge in [0.05, 0.1) is 16.5 Å². The molecule has 0 saturated heterocycles. The second-order valence-corrected chi connectivity index (χ2v) is 7.37. The van der Waals surface area contributed by atoms with Crippen LogP contribution in [-0.2, 0) is 22.7 Å². The number of benzene rings is 2. The van der Waals surface area contributed by atoms with Crippen LogP contribution in [0.2, 0.25) is 0 Å². The first-order valence-corrected chi connectivity index (χ1v) is 8.92. The van der Waals surface area contributed by atoms with E-state index in [-0.39, 0.29) is 16.2 Å². The predicted octanol–water partition coefficient (Wildman–Crippen LogP) is 3.68. The molecule has 7 heteroatoms. The third-order valence-corrected chi connectivity index (χ3v) is 5.25. The molecule has 0 bridgehead atoms. The molecular formula is C17H13F2NO3S. The summed E-state index contributed by atoms with van der Waals surface area (Å²) in [6.07, 6.45) is 1.85. The highest BCUT2D eigenvalue weighted by Crippen LogP contribution is 2.38. The van der Waals surface area contributed by atoms with E-state index in [2.05, 4.69) is 0 Å². The molecule has 0 spiro atoms. The monoisotopic (exact) mass is 349 g/mol. The van der Waals surface area contributed by atoms with Gasteiger partial charge >= 0.3 is 0 Å². The normalized spacial score (nSPS) is 13.4. The minimum Gasteiger partial charge on any atom is -0.457 e. The number of nitriles is 1. The highest BCUT2D eigenvalue weighted by atomic mass is 32.2. The van der Waals surface area contributed by atoms with Crippen LogP contribution in [0.4, 0.5) is 8.78 Å². The minimum atomic E-state index is -3.96. The van der Waals surface area contributed by atoms with Crippen LogP contribution in [0.5, 0.6) is 11.5 Å². The molecule has 0 unspecified atom stereocenters. The first kappa shape index (κ1) is 16.4. The van der Waals surface area contributed by atoms with E-state index in [1.807, 2.05) is 6.07 Å². The SMILES string of the molecule is N#Cc1cc(F)cc(Oc2ccc(S(=O)(=O)CF)c3c2CCC3)c1. The van der Waals surface area contributed by atoms with E-state index in [0.717, 1.165) is 18.6 Å². The summed E-state index contributed by atoms with van der Waals surface area (Å²) in [5, 5.41) is 8.89. The number of fused-ring (bicyclic) bond motifs is 1. The van der Waals surface area contributed by atoms with Crippen molar-refractivity contribution >= 4 is 9.84 Å². The zero-order chi connectivity index (χ0) is 17.3. The van der Waals surface area contributed by atoms with Gasteiger partial charge in [-0.3, -0.25) is 0 Å². The van der Waals surface area contributed by atoms with Crippen molar-refractivity contribution in [1.29, 1.82) is 5.26 Å². The maximum absolute atomic E-state index is 13.5. The number of hydrogen-bond acceptors (Lipinski definition) is 4. The van der Waals surface area contributed by atoms with Crippen molar-refractivity contribution in [2.75, 3.05) is 6.01 Å². The third kappa shape index (κ3) is 2.97. The molecular weight excluding hydrogens is 336 g/mol. The second-order valence-electron chi connectivity index (χ2n) is 5.49. The van der Waals surface area contributed by atoms with Crippen LogP contribution in [0.1, 0.15) is 23.1 Å². The zero-order valence-corrected chi connectivity index (χ0v) is 13.4. The lowest BCUT2D eigenvalue weighted by molar-refractivity contribution is 0.470. The van der Waals surface area contributed by atoms with Gasteiger partial charge in [0.1, 0.15) is 17.3 Å². The molecule has 2 aromatic rings. The smallest absolute Gasteiger partial charge is 0.207 e. The lowest BCUT2D eigenvalue weighted by Gasteiger charge is -2.13. The molecule has 0 aromatic heterocycles. The van der Waals surface area contributed by atoms with Gasteiger partial charge < -0.3 is 4.74 Å². The Bertz CT molecular complexity index is 949. The maximum atomic E-state index is 13.5. The fourth-order valence-electron chi connectivity index (χ4n) is 2.90. The van der Waals surface area contributed by atoms with Crippen LogP contribution in [0.3, 0.4) is 0 Å². The minimum absolute atomic E-state index is 0.0122. The third-order valence-electron chi connectivity index (χ3n) is 3.91. The molecule has 0 fully saturated rings. The number of sulfone groups is 1. The van der Waals surface area contributed by atoms with Crippen LogP contribution >= 0.6 is 0 Å². The van der Waals surface area contributed by atoms with Gasteiger partial charge in [-0.2, -0.15) is 5.26 Å². The number of ether oxygens (including phenoxy) is 1. The molecule has 1 aliphatic carbocycles. The summed E-state index contributed by atoms with van der Waals surface area (Å²) >= 11 is 0. The van der Waals surface area contributed by atoms with Gasteiger partial charge in [-0.1, -0.05) is 0 Å². The molecule has 24 heavy (non-hydrogen) atoms. The summed E-state index contributed by atoms with van der Waals surface area (Å²) in [5.41, 5.74) is 1.37. The molecule has 4 nitrogen and oxygen atoms in total. The molecule has 0 heterocycles. The first-order valence-electron chi connectivity index (χ1n) is 7.26. The van der Waals surface area contributed by atoms with Crippen molar-refractivity contribution in [1.82, 2.24) is 0 Å². The topological polar surface area (TPSA) is 67.2 Å². The summed E-state index contributed by atoms with van der Waals surface area (Å²) in [7, 11) is -3.96. The number of alkyl halides is 1. The fourth-order valence-corrected chi connectivity index (χ4v) is 3.89. The van der Waals surface area contributed by atoms with E-state index < -0.39 is 21.7 Å². The van der Waals surface area contributed by atoms with Gasteiger partial charge in [-0.25, -0.2) is 17.2 Å². The first-order chi connectivity index (χ1) is 11.4. The van der Waals surface area contributed by atoms with Crippen LogP contribution in [0, 0.1) is 17.1 Å². The molecule has 0 saturated carbocycles. The molecule has 1 aliphatic rings. The maximum Gasteiger partial charge on any atom is 0.207 e. The summed E-state index contributed by atoms with van der Waals surface area (Å²) in [4.78, 5) is -0.0122. The van der Waals surface area contributed by atoms with Gasteiger partial charge in [-0.05, 0) is 54.7 Å². The van der Waals surface area contributed by atoms with E-state index in [9.17, 15) is 17.2 Å². The van der Waals surface area contributed by atoms with Crippen LogP contribution in [0.25, 0.3) is 0 Å². The van der Waals surface area contributed by atoms with Crippen LogP contribution in [0.15, 0.2) is 35.2 Å². The summed E-state index contributed by atoms with van der Waals surface area (Å²) in [6.45, 7) is 0. The molecule has 0 atom stereocenters. The lowest BCUT2D eigenvalue weighted by atomic mass is 10.1. The Labute approximate surface area is 138 Å². The van der Waals surface area contributed by atoms with E-state index >= 15 is 0 Å². The fraction of sp³-hybridized carbons (Fsp3) is 0.235. The van der Waals surface area contributed by atoms with E-state index in [0.29, 0.717) is 29.7 Å². The van der Waals surface area contributed by atoms with E-state index in [4.69, 9.17) is 10.00 Å². The van der Waals surface area contributed by atoms with Crippen molar-refractivity contribution in [3.8, 4) is 17.6 Å². The quantitative estimate of drug-likeness (QED) is 0.844. The Balaban J connectivity index is 2.04. The van der Waals surface area contributed by atoms with Crippen molar-refractivity contribution in [2.24, 2.45) is 0 Å². The van der Waals surface area contributed by atoms with E-state index in [1.165, 1.54) is 18.2 Å². The highest BCUT2D eigenvalue weighted by molar-refractivity contribution is 7.91. The Morgan fingerprint density at radius 2 is 1.92 bits per heavy atom. The van der Waals surface area contributed by atoms with E-state index in [1.54, 1.807) is 0 Å². The van der Waals surface area contributed by atoms with Crippen molar-refractivity contribution in [2.45, 2.75) is 24.2 Å². The zero-order valence-electron chi connectivity index (χ0n) is 12.6. The highest BCUT2D eigenvalue weighted by Gasteiger charge is 2.26. The number of rotatable bonds is 4. The molecule has 2 aromatic carbocycles. The molecule has 0 radical (unpaired) electrons. The number of nitrogens with zero attached hydrogens (tertiary/aromatic N) is 1. The van der Waals surface area contributed by atoms with Crippen molar-refractivity contribution < 1.29 is 21.9 Å². The van der Waals surface area contributed by atoms with Gasteiger partial charge in [0.2, 0.25) is 9.84 Å². The lowest BCUT2D eigenvalue weighted by Crippen LogP contribution is -2.07. The van der Waals surface area contributed by atoms with Gasteiger partial charge in [-0.15, -0.1) is 0 Å². The molecule has 0 aliphatic heterocycles. The molecule has 0 N–H and O–H groups in total.